The smallest absolute Gasteiger partial charge is 0.340 e. The van der Waals surface area contributed by atoms with E-state index in [0.29, 0.717) is 0 Å². The molecule has 1 amide bonds. The van der Waals surface area contributed by atoms with Gasteiger partial charge in [0.1, 0.15) is 0 Å². The van der Waals surface area contributed by atoms with Gasteiger partial charge in [-0.2, -0.15) is 9.78 Å². The summed E-state index contributed by atoms with van der Waals surface area (Å²) in [6.45, 7) is 0. The average molecular weight is 211 g/mol. The van der Waals surface area contributed by atoms with E-state index in [1.807, 2.05) is 36.4 Å². The van der Waals surface area contributed by atoms with E-state index in [1.54, 1.807) is 6.20 Å². The van der Waals surface area contributed by atoms with Crippen LogP contribution in [-0.2, 0) is 0 Å². The van der Waals surface area contributed by atoms with Crippen LogP contribution in [0.3, 0.4) is 0 Å². The lowest BCUT2D eigenvalue weighted by Crippen LogP contribution is -2.20. The van der Waals surface area contributed by atoms with Gasteiger partial charge in [-0.05, 0) is 5.39 Å². The van der Waals surface area contributed by atoms with Crippen molar-refractivity contribution in [3.63, 3.8) is 0 Å². The van der Waals surface area contributed by atoms with Gasteiger partial charge in [0.15, 0.2) is 0 Å². The molecule has 0 spiro atoms. The first-order valence-corrected chi connectivity index (χ1v) is 4.92. The molecule has 0 aliphatic rings. The number of primary amides is 1. The van der Waals surface area contributed by atoms with Crippen LogP contribution < -0.4 is 5.73 Å². The maximum atomic E-state index is 11.2. The Kier molecular flexibility index (Phi) is 1.71. The fraction of sp³-hybridized carbons (Fsp3) is 0. The van der Waals surface area contributed by atoms with Gasteiger partial charge in [-0.1, -0.05) is 36.4 Å². The standard InChI is InChI=1S/C12H9N3O/c13-12(16)15-11-9(7-14-15)6-5-8-3-1-2-4-10(8)11/h1-7H,(H2,13,16). The molecular weight excluding hydrogens is 202 g/mol. The minimum atomic E-state index is -0.564. The quantitative estimate of drug-likeness (QED) is 0.619. The summed E-state index contributed by atoms with van der Waals surface area (Å²) >= 11 is 0. The van der Waals surface area contributed by atoms with Crippen LogP contribution in [0.2, 0.25) is 0 Å². The Bertz CT molecular complexity index is 700. The normalized spacial score (nSPS) is 11.0. The van der Waals surface area contributed by atoms with Crippen LogP contribution in [-0.4, -0.2) is 15.8 Å². The largest absolute Gasteiger partial charge is 0.350 e. The first kappa shape index (κ1) is 8.91. The zero-order chi connectivity index (χ0) is 11.1. The molecule has 0 atom stereocenters. The van der Waals surface area contributed by atoms with Crippen molar-refractivity contribution < 1.29 is 4.79 Å². The molecule has 1 aromatic heterocycles. The number of amides is 1. The fourth-order valence-corrected chi connectivity index (χ4v) is 1.96. The van der Waals surface area contributed by atoms with E-state index in [0.717, 1.165) is 21.7 Å². The van der Waals surface area contributed by atoms with Crippen molar-refractivity contribution in [3.8, 4) is 0 Å². The Hall–Kier alpha value is -2.36. The van der Waals surface area contributed by atoms with Gasteiger partial charge in [0.25, 0.3) is 0 Å². The summed E-state index contributed by atoms with van der Waals surface area (Å²) in [5.41, 5.74) is 6.05. The highest BCUT2D eigenvalue weighted by Crippen LogP contribution is 2.24. The summed E-state index contributed by atoms with van der Waals surface area (Å²) in [5, 5.41) is 6.95. The lowest BCUT2D eigenvalue weighted by Gasteiger charge is -2.01. The summed E-state index contributed by atoms with van der Waals surface area (Å²) in [4.78, 5) is 11.2. The van der Waals surface area contributed by atoms with Crippen LogP contribution in [0.1, 0.15) is 0 Å². The molecule has 0 saturated carbocycles. The lowest BCUT2D eigenvalue weighted by molar-refractivity contribution is 0.248. The van der Waals surface area contributed by atoms with Crippen molar-refractivity contribution in [2.75, 3.05) is 0 Å². The van der Waals surface area contributed by atoms with Gasteiger partial charge in [0, 0.05) is 10.8 Å². The molecule has 0 fully saturated rings. The number of carbonyl (C=O) groups excluding carboxylic acids is 1. The predicted molar refractivity (Wildman–Crippen MR) is 62.2 cm³/mol. The molecular formula is C12H9N3O. The molecule has 0 aliphatic heterocycles. The minimum absolute atomic E-state index is 0.564. The van der Waals surface area contributed by atoms with Crippen LogP contribution in [0.5, 0.6) is 0 Å². The molecule has 2 aromatic carbocycles. The van der Waals surface area contributed by atoms with Crippen molar-refractivity contribution in [1.82, 2.24) is 9.78 Å². The van der Waals surface area contributed by atoms with Gasteiger partial charge >= 0.3 is 6.03 Å². The van der Waals surface area contributed by atoms with Crippen molar-refractivity contribution in [1.29, 1.82) is 0 Å². The number of carbonyl (C=O) groups is 1. The van der Waals surface area contributed by atoms with E-state index < -0.39 is 6.03 Å². The summed E-state index contributed by atoms with van der Waals surface area (Å²) in [7, 11) is 0. The van der Waals surface area contributed by atoms with Gasteiger partial charge in [0.05, 0.1) is 11.7 Å². The molecule has 1 heterocycles. The van der Waals surface area contributed by atoms with Crippen molar-refractivity contribution in [2.45, 2.75) is 0 Å². The van der Waals surface area contributed by atoms with E-state index in [1.165, 1.54) is 4.68 Å². The van der Waals surface area contributed by atoms with Crippen LogP contribution in [0.15, 0.2) is 42.6 Å². The van der Waals surface area contributed by atoms with E-state index >= 15 is 0 Å². The van der Waals surface area contributed by atoms with Gasteiger partial charge in [-0.25, -0.2) is 4.79 Å². The van der Waals surface area contributed by atoms with Gasteiger partial charge in [-0.15, -0.1) is 0 Å². The molecule has 2 N–H and O–H groups in total. The Balaban J connectivity index is 2.56. The summed E-state index contributed by atoms with van der Waals surface area (Å²) < 4.78 is 1.23. The fourth-order valence-electron chi connectivity index (χ4n) is 1.96. The number of benzene rings is 2. The first-order chi connectivity index (χ1) is 7.77. The van der Waals surface area contributed by atoms with E-state index in [2.05, 4.69) is 5.10 Å². The molecule has 4 nitrogen and oxygen atoms in total. The number of fused-ring (bicyclic) bond motifs is 3. The predicted octanol–water partition coefficient (Wildman–Crippen LogP) is 2.12. The Labute approximate surface area is 91.3 Å². The van der Waals surface area contributed by atoms with Crippen molar-refractivity contribution in [2.24, 2.45) is 5.73 Å². The third-order valence-electron chi connectivity index (χ3n) is 2.66. The van der Waals surface area contributed by atoms with Crippen molar-refractivity contribution in [3.05, 3.63) is 42.6 Å². The number of hydrogen-bond acceptors (Lipinski definition) is 2. The number of aromatic nitrogens is 2. The Morgan fingerprint density at radius 3 is 2.69 bits per heavy atom. The van der Waals surface area contributed by atoms with Gasteiger partial charge in [-0.3, -0.25) is 0 Å². The highest BCUT2D eigenvalue weighted by molar-refractivity contribution is 6.08. The molecule has 4 heteroatoms. The average Bonchev–Trinajstić information content (AvgIpc) is 2.73. The highest BCUT2D eigenvalue weighted by Gasteiger charge is 2.09. The van der Waals surface area contributed by atoms with E-state index in [9.17, 15) is 4.79 Å². The zero-order valence-corrected chi connectivity index (χ0v) is 8.42. The molecule has 78 valence electrons. The Morgan fingerprint density at radius 2 is 1.88 bits per heavy atom. The second kappa shape index (κ2) is 3.06. The highest BCUT2D eigenvalue weighted by atomic mass is 16.2. The van der Waals surface area contributed by atoms with Crippen LogP contribution in [0.4, 0.5) is 4.79 Å². The molecule has 0 bridgehead atoms. The van der Waals surface area contributed by atoms with Crippen LogP contribution >= 0.6 is 0 Å². The van der Waals surface area contributed by atoms with E-state index in [-0.39, 0.29) is 0 Å². The summed E-state index contributed by atoms with van der Waals surface area (Å²) in [6.07, 6.45) is 1.65. The molecule has 0 saturated heterocycles. The maximum Gasteiger partial charge on any atom is 0.340 e. The number of rotatable bonds is 0. The third-order valence-corrected chi connectivity index (χ3v) is 2.66. The number of hydrogen-bond donors (Lipinski definition) is 1. The second-order valence-electron chi connectivity index (χ2n) is 3.62. The monoisotopic (exact) mass is 211 g/mol. The second-order valence-corrected chi connectivity index (χ2v) is 3.62. The molecule has 0 radical (unpaired) electrons. The minimum Gasteiger partial charge on any atom is -0.350 e. The SMILES string of the molecule is NC(=O)n1ncc2ccc3ccccc3c21. The van der Waals surface area contributed by atoms with Crippen molar-refractivity contribution >= 4 is 27.7 Å². The molecule has 0 aliphatic carbocycles. The van der Waals surface area contributed by atoms with Crippen LogP contribution in [0, 0.1) is 0 Å². The zero-order valence-electron chi connectivity index (χ0n) is 8.42. The van der Waals surface area contributed by atoms with E-state index in [4.69, 9.17) is 5.73 Å². The third kappa shape index (κ3) is 1.10. The van der Waals surface area contributed by atoms with Gasteiger partial charge < -0.3 is 5.73 Å². The Morgan fingerprint density at radius 1 is 1.12 bits per heavy atom. The summed E-state index contributed by atoms with van der Waals surface area (Å²) in [6, 6.07) is 11.2. The number of nitrogens with zero attached hydrogens (tertiary/aromatic N) is 2. The molecule has 16 heavy (non-hydrogen) atoms. The molecule has 0 unspecified atom stereocenters. The van der Waals surface area contributed by atoms with Gasteiger partial charge in [0.2, 0.25) is 0 Å². The first-order valence-electron chi connectivity index (χ1n) is 4.92. The topological polar surface area (TPSA) is 60.9 Å². The lowest BCUT2D eigenvalue weighted by atomic mass is 10.1. The molecule has 3 rings (SSSR count). The number of nitrogens with two attached hydrogens (primary N) is 1. The summed E-state index contributed by atoms with van der Waals surface area (Å²) in [5.74, 6) is 0. The maximum absolute atomic E-state index is 11.2. The van der Waals surface area contributed by atoms with Crippen LogP contribution in [0.25, 0.3) is 21.7 Å². The molecule has 3 aromatic rings.